The van der Waals surface area contributed by atoms with Crippen LogP contribution in [0.1, 0.15) is 143 Å². The molecule has 0 saturated heterocycles. The van der Waals surface area contributed by atoms with Crippen LogP contribution in [0.4, 0.5) is 32.3 Å². The van der Waals surface area contributed by atoms with Gasteiger partial charge < -0.3 is 60.1 Å². The average Bonchev–Trinajstić information content (AvgIpc) is 0.941. The number of rotatable bonds is 39. The van der Waals surface area contributed by atoms with Crippen LogP contribution < -0.4 is 36.0 Å². The molecule has 4 aromatic rings. The zero-order valence-electron chi connectivity index (χ0n) is 70.4. The molecular weight excluding hydrogens is 1400 g/mol. The summed E-state index contributed by atoms with van der Waals surface area (Å²) >= 11 is 0. The molecule has 0 bridgehead atoms. The SMILES string of the molecule is CCCC[C@H](N)C(=O)N(C)c1ccc2c(c1)N(Cc1cnc[nH]1)CC2.CCCC[C@H](NC(=O)OC(C)(C)C)C(=O)N(C)c1ccc2c(c1)N(Cc1cn(C)cn1)CC2.CCCC[C@H](NC(=O)OC(C)(C)C)C(=O)O.[B]B([B])B(B([B])[B])B(B([B])[B])B(B(B(B([B])[B])B([B])[B])B(B([B])[B])B([B])[B])B(B(B([B])[B])B([B])[B])B(B([B])[B])B([B])[B]. The standard InChI is InChI=1S/C25H37N5O3.C19H27N5O.C11H21NO4.B42/c1-7-8-9-21(27-24(32)33-25(2,3)4)23(31)29(6)20-11-10-18-12-13-30(22(18)14-20)16-19-15-28(5)17-26-19;1-3-4-5-17(20)19(25)23(2)16-7-6-14-8-9-24(18(14)10-16)12-15-11-21-13-22-15;1-5-6-7-8(9(13)14)12-10(15)16-11(2,3)4;1-23(2)34(24(3)4)39(33(21)22)42(40(35(25(5)6)26(7)8)36(27(9)10)28(11)12)41(37(29(13)14)30(15)16)38(31(17)18)32(19)20/h10-11,14-15,17,21H,7-9,12-13,16H2,1-6H3,(H,27,32);6-7,10-11,13,17H,3-5,8-9,12,20H2,1-2H3,(H,21,22);8H,5-7H2,1-4H3,(H,12,15)(H,13,14);/t21-;17-;8-;/m000./s1. The molecule has 0 unspecified atom stereocenters. The number of nitrogens with two attached hydrogens (primary N) is 1. The molecule has 3 atom stereocenters. The number of carbonyl (C=O) groups excluding carboxylic acids is 4. The summed E-state index contributed by atoms with van der Waals surface area (Å²) in [4.78, 5) is 80.1. The number of anilines is 4. The first-order valence-corrected chi connectivity index (χ1v) is 39.8. The van der Waals surface area contributed by atoms with E-state index in [-0.39, 0.29) is 11.8 Å². The Morgan fingerprint density at radius 2 is 0.862 bits per heavy atom. The van der Waals surface area contributed by atoms with Crippen molar-refractivity contribution >= 4 is 351 Å². The molecule has 0 fully saturated rings. The van der Waals surface area contributed by atoms with E-state index in [0.29, 0.717) is 12.8 Å². The smallest absolute Gasteiger partial charge is 0.408 e. The fourth-order valence-corrected chi connectivity index (χ4v) is 15.4. The molecule has 4 heterocycles. The number of carboxylic acid groups (broad SMARTS) is 1. The quantitative estimate of drug-likeness (QED) is 0.0262. The predicted molar refractivity (Wildman–Crippen MR) is 533 cm³/mol. The van der Waals surface area contributed by atoms with Crippen molar-refractivity contribution in [2.24, 2.45) is 12.8 Å². The fourth-order valence-electron chi connectivity index (χ4n) is 15.4. The van der Waals surface area contributed by atoms with Gasteiger partial charge in [-0.2, -0.15) is 0 Å². The van der Waals surface area contributed by atoms with Crippen molar-refractivity contribution in [3.63, 3.8) is 0 Å². The minimum absolute atomic E-state index is 0.0217. The van der Waals surface area contributed by atoms with Gasteiger partial charge in [-0.25, -0.2) is 24.4 Å². The molecule has 6 N–H and O–H groups in total. The lowest BCUT2D eigenvalue weighted by Gasteiger charge is -2.55. The van der Waals surface area contributed by atoms with Crippen molar-refractivity contribution in [1.82, 2.24) is 30.2 Å². The molecule has 2 aromatic carbocycles. The van der Waals surface area contributed by atoms with E-state index in [1.807, 2.05) is 77.2 Å². The summed E-state index contributed by atoms with van der Waals surface area (Å²) in [5, 5.41) is 14.0. The Morgan fingerprint density at radius 3 is 1.20 bits per heavy atom. The number of imidazole rings is 2. The van der Waals surface area contributed by atoms with Crippen LogP contribution in [0, 0.1) is 0 Å². The summed E-state index contributed by atoms with van der Waals surface area (Å²) in [7, 11) is 144. The lowest BCUT2D eigenvalue weighted by Crippen LogP contribution is -2.93. The average molecular weight is 1480 g/mol. The van der Waals surface area contributed by atoms with E-state index in [1.165, 1.54) is 16.8 Å². The summed E-state index contributed by atoms with van der Waals surface area (Å²) in [5.41, 5.74) is 13.5. The number of H-pyrrole nitrogens is 1. The summed E-state index contributed by atoms with van der Waals surface area (Å²) in [6.07, 6.45) is -8.17. The van der Waals surface area contributed by atoms with Crippen molar-refractivity contribution in [3.05, 3.63) is 84.0 Å². The van der Waals surface area contributed by atoms with E-state index in [2.05, 4.69) is 73.5 Å². The van der Waals surface area contributed by atoms with Gasteiger partial charge in [0.15, 0.2) is 0 Å². The second kappa shape index (κ2) is 50.6. The Hall–Kier alpha value is -3.90. The third-order valence-electron chi connectivity index (χ3n) is 20.9. The molecular formula is C55H85B42N11O8. The summed E-state index contributed by atoms with van der Waals surface area (Å²) in [6, 6.07) is 10.4. The van der Waals surface area contributed by atoms with E-state index >= 15 is 0 Å². The summed E-state index contributed by atoms with van der Waals surface area (Å²) in [6.45, 7) is 20.2. The van der Waals surface area contributed by atoms with E-state index in [1.54, 1.807) is 43.9 Å². The Bertz CT molecular complexity index is 3480. The zero-order chi connectivity index (χ0) is 88.3. The number of carboxylic acids is 1. The molecule has 2 aliphatic heterocycles. The number of unbranched alkanes of at least 4 members (excludes halogenated alkanes) is 3. The van der Waals surface area contributed by atoms with Crippen LogP contribution in [0.5, 0.6) is 0 Å². The second-order valence-corrected chi connectivity index (χ2v) is 32.7. The normalized spacial score (nSPS) is 12.4. The van der Waals surface area contributed by atoms with Crippen molar-refractivity contribution in [2.75, 3.05) is 46.8 Å². The number of aromatic amines is 1. The number of benzene rings is 2. The molecule has 44 radical (unpaired) electrons. The van der Waals surface area contributed by atoms with Gasteiger partial charge in [0.25, 0.3) is 0 Å². The van der Waals surface area contributed by atoms with Crippen LogP contribution in [0.3, 0.4) is 0 Å². The van der Waals surface area contributed by atoms with E-state index in [0.717, 1.165) is 112 Å². The van der Waals surface area contributed by atoms with Gasteiger partial charge in [0, 0.05) is 367 Å². The number of hydrogen-bond acceptors (Lipinski definition) is 12. The fraction of sp³-hybridized carbons (Fsp3) is 0.582. The first-order valence-electron chi connectivity index (χ1n) is 39.8. The van der Waals surface area contributed by atoms with Crippen molar-refractivity contribution in [3.8, 4) is 0 Å². The number of alkyl carbamates (subject to hydrolysis) is 2. The molecule has 6 rings (SSSR count). The number of ether oxygens (including phenoxy) is 2. The van der Waals surface area contributed by atoms with Gasteiger partial charge in [0.05, 0.1) is 43.2 Å². The van der Waals surface area contributed by atoms with Gasteiger partial charge in [0.1, 0.15) is 23.3 Å². The maximum absolute atomic E-state index is 13.4. The minimum atomic E-state index is -1.30. The van der Waals surface area contributed by atoms with Crippen molar-refractivity contribution in [2.45, 2.75) is 175 Å². The highest BCUT2D eigenvalue weighted by molar-refractivity contribution is 8.33. The van der Waals surface area contributed by atoms with Crippen LogP contribution in [0.2, 0.25) is 0 Å². The van der Waals surface area contributed by atoms with Crippen molar-refractivity contribution in [1.29, 1.82) is 0 Å². The molecule has 2 aromatic heterocycles. The number of aliphatic carboxylic acids is 1. The Morgan fingerprint density at radius 1 is 0.517 bits per heavy atom. The predicted octanol–water partition coefficient (Wildman–Crippen LogP) is -7.36. The molecule has 61 heteroatoms. The summed E-state index contributed by atoms with van der Waals surface area (Å²) in [5.74, 6) is -1.20. The van der Waals surface area contributed by atoms with Gasteiger partial charge in [-0.1, -0.05) is 71.4 Å². The minimum Gasteiger partial charge on any atom is -0.480 e. The van der Waals surface area contributed by atoms with Crippen LogP contribution in [0.25, 0.3) is 0 Å². The lowest BCUT2D eigenvalue weighted by atomic mass is 8.27. The number of amides is 4. The number of carbonyl (C=O) groups is 5. The number of hydrogen-bond donors (Lipinski definition) is 5. The molecule has 2 aliphatic rings. The van der Waals surface area contributed by atoms with Crippen LogP contribution in [-0.4, -0.2) is 409 Å². The van der Waals surface area contributed by atoms with Crippen LogP contribution >= 0.6 is 0 Å². The number of aromatic nitrogens is 4. The second-order valence-electron chi connectivity index (χ2n) is 32.7. The van der Waals surface area contributed by atoms with Crippen molar-refractivity contribution < 1.29 is 38.6 Å². The summed E-state index contributed by atoms with van der Waals surface area (Å²) < 4.78 is 12.3. The van der Waals surface area contributed by atoms with Gasteiger partial charge in [0.2, 0.25) is 11.8 Å². The number of fused-ring (bicyclic) bond motifs is 2. The highest BCUT2D eigenvalue weighted by atomic mass is 16.6. The molecule has 4 amide bonds. The van der Waals surface area contributed by atoms with Gasteiger partial charge in [-0.3, -0.25) is 9.59 Å². The Kier molecular flexibility index (Phi) is 46.4. The highest BCUT2D eigenvalue weighted by Gasteiger charge is 2.58. The van der Waals surface area contributed by atoms with E-state index in [9.17, 15) is 24.0 Å². The maximum atomic E-state index is 13.4. The molecule has 0 saturated carbocycles. The number of aryl methyl sites for hydroxylation is 1. The number of nitrogens with one attached hydrogen (secondary N) is 3. The Labute approximate surface area is 733 Å². The topological polar surface area (TPSA) is 234 Å². The lowest BCUT2D eigenvalue weighted by molar-refractivity contribution is -0.139. The Balaban J connectivity index is 0.000000420. The van der Waals surface area contributed by atoms with Crippen LogP contribution in [0.15, 0.2) is 61.4 Å². The molecule has 116 heavy (non-hydrogen) atoms. The zero-order valence-corrected chi connectivity index (χ0v) is 70.4. The first-order chi connectivity index (χ1) is 54.0. The van der Waals surface area contributed by atoms with E-state index in [4.69, 9.17) is 191 Å². The van der Waals surface area contributed by atoms with E-state index < -0.39 is 175 Å². The molecule has 0 aliphatic carbocycles. The maximum Gasteiger partial charge on any atom is 0.408 e. The first kappa shape index (κ1) is 106. The van der Waals surface area contributed by atoms with Crippen LogP contribution in [-0.2, 0) is 56.8 Å². The van der Waals surface area contributed by atoms with Gasteiger partial charge >= 0.3 is 18.2 Å². The number of nitrogens with zero attached hydrogens (tertiary/aromatic N) is 7. The monoisotopic (exact) mass is 1490 g/mol. The van der Waals surface area contributed by atoms with Gasteiger partial charge in [-0.15, -0.1) is 0 Å². The molecule has 19 nitrogen and oxygen atoms in total. The third kappa shape index (κ3) is 33.4. The number of likely N-dealkylation sites (N-methyl/N-ethyl adjacent to an activating group) is 2. The highest BCUT2D eigenvalue weighted by Crippen LogP contribution is 2.35. The molecule has 0 spiro atoms. The largest absolute Gasteiger partial charge is 0.480 e. The molecule has 534 valence electrons. The third-order valence-corrected chi connectivity index (χ3v) is 20.9. The van der Waals surface area contributed by atoms with Gasteiger partial charge in [-0.05, 0) is 109 Å².